The van der Waals surface area contributed by atoms with Gasteiger partial charge in [0.25, 0.3) is 5.91 Å². The highest BCUT2D eigenvalue weighted by Gasteiger charge is 2.21. The molecule has 0 fully saturated rings. The van der Waals surface area contributed by atoms with Gasteiger partial charge in [-0.15, -0.1) is 0 Å². The molecule has 0 aliphatic rings. The minimum atomic E-state index is -0.536. The Bertz CT molecular complexity index is 921. The number of benzene rings is 3. The molecule has 3 aromatic carbocycles. The highest BCUT2D eigenvalue weighted by Crippen LogP contribution is 2.23. The Kier molecular flexibility index (Phi) is 6.53. The van der Waals surface area contributed by atoms with Crippen LogP contribution in [0.1, 0.15) is 38.8 Å². The molecule has 3 aromatic rings. The summed E-state index contributed by atoms with van der Waals surface area (Å²) < 4.78 is 11.5. The predicted octanol–water partition coefficient (Wildman–Crippen LogP) is 5.27. The molecule has 0 radical (unpaired) electrons. The molecule has 0 heterocycles. The summed E-state index contributed by atoms with van der Waals surface area (Å²) in [5.41, 5.74) is 1.03. The second kappa shape index (κ2) is 9.27. The molecule has 146 valence electrons. The summed E-state index contributed by atoms with van der Waals surface area (Å²) in [4.78, 5) is 12.7. The molecule has 0 aromatic heterocycles. The van der Waals surface area contributed by atoms with Crippen molar-refractivity contribution in [3.05, 3.63) is 72.3 Å². The maximum absolute atomic E-state index is 12.7. The molecule has 3 rings (SSSR count). The van der Waals surface area contributed by atoms with Gasteiger partial charge in [0.05, 0.1) is 12.6 Å². The molecule has 1 N–H and O–H groups in total. The zero-order valence-corrected chi connectivity index (χ0v) is 16.6. The SMILES string of the molecule is CCOc1ccc([C@H](C)NC(=O)[C@H](CC)Oc2ccc3ccccc3c2)cc1. The van der Waals surface area contributed by atoms with Gasteiger partial charge in [-0.3, -0.25) is 4.79 Å². The van der Waals surface area contributed by atoms with Gasteiger partial charge in [0.2, 0.25) is 0 Å². The summed E-state index contributed by atoms with van der Waals surface area (Å²) >= 11 is 0. The van der Waals surface area contributed by atoms with Crippen molar-refractivity contribution in [2.75, 3.05) is 6.61 Å². The fourth-order valence-corrected chi connectivity index (χ4v) is 3.14. The minimum absolute atomic E-state index is 0.113. The number of carbonyl (C=O) groups is 1. The average Bonchev–Trinajstić information content (AvgIpc) is 2.72. The van der Waals surface area contributed by atoms with Gasteiger partial charge < -0.3 is 14.8 Å². The first-order valence-corrected chi connectivity index (χ1v) is 9.79. The quantitative estimate of drug-likeness (QED) is 0.581. The average molecular weight is 377 g/mol. The molecule has 0 bridgehead atoms. The Labute approximate surface area is 166 Å². The maximum atomic E-state index is 12.7. The highest BCUT2D eigenvalue weighted by molar-refractivity contribution is 5.84. The van der Waals surface area contributed by atoms with Crippen LogP contribution in [-0.4, -0.2) is 18.6 Å². The molecule has 4 nitrogen and oxygen atoms in total. The number of ether oxygens (including phenoxy) is 2. The number of hydrogen-bond donors (Lipinski definition) is 1. The first kappa shape index (κ1) is 19.7. The number of carbonyl (C=O) groups excluding carboxylic acids is 1. The number of nitrogens with one attached hydrogen (secondary N) is 1. The second-order valence-electron chi connectivity index (χ2n) is 6.76. The Morgan fingerprint density at radius 1 is 0.929 bits per heavy atom. The van der Waals surface area contributed by atoms with Crippen molar-refractivity contribution in [1.29, 1.82) is 0 Å². The topological polar surface area (TPSA) is 47.6 Å². The molecule has 2 atom stereocenters. The van der Waals surface area contributed by atoms with E-state index in [1.807, 2.05) is 81.4 Å². The lowest BCUT2D eigenvalue weighted by Crippen LogP contribution is -2.39. The summed E-state index contributed by atoms with van der Waals surface area (Å²) in [6.07, 6.45) is 0.0561. The molecule has 4 heteroatoms. The normalized spacial score (nSPS) is 13.0. The fourth-order valence-electron chi connectivity index (χ4n) is 3.14. The standard InChI is InChI=1S/C24H27NO3/c1-4-23(28-22-15-12-19-8-6-7-9-20(19)16-22)24(26)25-17(3)18-10-13-21(14-11-18)27-5-2/h6-17,23H,4-5H2,1-3H3,(H,25,26)/t17-,23-/m0/s1. The van der Waals surface area contributed by atoms with Gasteiger partial charge in [-0.1, -0.05) is 49.4 Å². The van der Waals surface area contributed by atoms with Gasteiger partial charge in [0.1, 0.15) is 11.5 Å². The van der Waals surface area contributed by atoms with Gasteiger partial charge in [0.15, 0.2) is 6.10 Å². The molecule has 0 aliphatic carbocycles. The largest absolute Gasteiger partial charge is 0.494 e. The van der Waals surface area contributed by atoms with E-state index in [2.05, 4.69) is 11.4 Å². The maximum Gasteiger partial charge on any atom is 0.261 e. The van der Waals surface area contributed by atoms with Crippen LogP contribution in [0.25, 0.3) is 10.8 Å². The second-order valence-corrected chi connectivity index (χ2v) is 6.76. The van der Waals surface area contributed by atoms with E-state index in [1.165, 1.54) is 0 Å². The zero-order chi connectivity index (χ0) is 19.9. The first-order chi connectivity index (χ1) is 13.6. The van der Waals surface area contributed by atoms with E-state index in [0.29, 0.717) is 18.8 Å². The van der Waals surface area contributed by atoms with Crippen molar-refractivity contribution in [2.24, 2.45) is 0 Å². The van der Waals surface area contributed by atoms with Crippen molar-refractivity contribution >= 4 is 16.7 Å². The van der Waals surface area contributed by atoms with Crippen molar-refractivity contribution in [1.82, 2.24) is 5.32 Å². The Balaban J connectivity index is 1.64. The van der Waals surface area contributed by atoms with E-state index >= 15 is 0 Å². The number of fused-ring (bicyclic) bond motifs is 1. The molecule has 1 amide bonds. The van der Waals surface area contributed by atoms with Crippen LogP contribution in [0, 0.1) is 0 Å². The van der Waals surface area contributed by atoms with E-state index in [4.69, 9.17) is 9.47 Å². The van der Waals surface area contributed by atoms with E-state index in [0.717, 1.165) is 22.1 Å². The molecule has 0 saturated heterocycles. The van der Waals surface area contributed by atoms with E-state index in [9.17, 15) is 4.79 Å². The number of amides is 1. The number of hydrogen-bond acceptors (Lipinski definition) is 3. The van der Waals surface area contributed by atoms with Gasteiger partial charge in [0, 0.05) is 0 Å². The van der Waals surface area contributed by atoms with Gasteiger partial charge in [-0.25, -0.2) is 0 Å². The van der Waals surface area contributed by atoms with Crippen molar-refractivity contribution in [3.63, 3.8) is 0 Å². The van der Waals surface area contributed by atoms with E-state index in [-0.39, 0.29) is 11.9 Å². The molecule has 0 unspecified atom stereocenters. The number of rotatable bonds is 8. The molecule has 0 aliphatic heterocycles. The van der Waals surface area contributed by atoms with Crippen molar-refractivity contribution in [3.8, 4) is 11.5 Å². The lowest BCUT2D eigenvalue weighted by Gasteiger charge is -2.21. The minimum Gasteiger partial charge on any atom is -0.494 e. The summed E-state index contributed by atoms with van der Waals surface area (Å²) in [5, 5.41) is 5.30. The fraction of sp³-hybridized carbons (Fsp3) is 0.292. The van der Waals surface area contributed by atoms with E-state index < -0.39 is 6.10 Å². The smallest absolute Gasteiger partial charge is 0.261 e. The van der Waals surface area contributed by atoms with Crippen LogP contribution in [0.15, 0.2) is 66.7 Å². The molecular weight excluding hydrogens is 350 g/mol. The van der Waals surface area contributed by atoms with Gasteiger partial charge in [-0.05, 0) is 60.9 Å². The summed E-state index contributed by atoms with van der Waals surface area (Å²) in [5.74, 6) is 1.42. The van der Waals surface area contributed by atoms with Crippen LogP contribution >= 0.6 is 0 Å². The Hall–Kier alpha value is -3.01. The summed E-state index contributed by atoms with van der Waals surface area (Å²) in [6.45, 7) is 6.51. The third-order valence-corrected chi connectivity index (χ3v) is 4.71. The summed E-state index contributed by atoms with van der Waals surface area (Å²) in [6, 6.07) is 21.7. The van der Waals surface area contributed by atoms with Crippen LogP contribution in [-0.2, 0) is 4.79 Å². The Morgan fingerprint density at radius 3 is 2.29 bits per heavy atom. The van der Waals surface area contributed by atoms with Gasteiger partial charge >= 0.3 is 0 Å². The lowest BCUT2D eigenvalue weighted by molar-refractivity contribution is -0.128. The van der Waals surface area contributed by atoms with E-state index in [1.54, 1.807) is 0 Å². The van der Waals surface area contributed by atoms with Crippen molar-refractivity contribution < 1.29 is 14.3 Å². The summed E-state index contributed by atoms with van der Waals surface area (Å²) in [7, 11) is 0. The third-order valence-electron chi connectivity index (χ3n) is 4.71. The predicted molar refractivity (Wildman–Crippen MR) is 113 cm³/mol. The lowest BCUT2D eigenvalue weighted by atomic mass is 10.1. The highest BCUT2D eigenvalue weighted by atomic mass is 16.5. The zero-order valence-electron chi connectivity index (χ0n) is 16.6. The molecular formula is C24H27NO3. The van der Waals surface area contributed by atoms with Crippen LogP contribution in [0.4, 0.5) is 0 Å². The first-order valence-electron chi connectivity index (χ1n) is 9.79. The third kappa shape index (κ3) is 4.83. The van der Waals surface area contributed by atoms with Crippen LogP contribution in [0.3, 0.4) is 0 Å². The van der Waals surface area contributed by atoms with Crippen LogP contribution in [0.2, 0.25) is 0 Å². The van der Waals surface area contributed by atoms with Crippen molar-refractivity contribution in [2.45, 2.75) is 39.3 Å². The molecule has 0 spiro atoms. The molecule has 28 heavy (non-hydrogen) atoms. The molecule has 0 saturated carbocycles. The Morgan fingerprint density at radius 2 is 1.61 bits per heavy atom. The van der Waals surface area contributed by atoms with Crippen LogP contribution < -0.4 is 14.8 Å². The monoisotopic (exact) mass is 377 g/mol. The van der Waals surface area contributed by atoms with Crippen LogP contribution in [0.5, 0.6) is 11.5 Å². The van der Waals surface area contributed by atoms with Gasteiger partial charge in [-0.2, -0.15) is 0 Å².